The Labute approximate surface area is 84.8 Å². The Morgan fingerprint density at radius 3 is 2.79 bits per heavy atom. The minimum absolute atomic E-state index is 0.247. The molecule has 1 heterocycles. The zero-order valence-electron chi connectivity index (χ0n) is 8.51. The first-order chi connectivity index (χ1) is 6.86. The molecule has 0 aromatic carbocycles. The Kier molecular flexibility index (Phi) is 3.37. The van der Waals surface area contributed by atoms with Crippen molar-refractivity contribution in [1.82, 2.24) is 16.0 Å². The van der Waals surface area contributed by atoms with Gasteiger partial charge in [0, 0.05) is 31.6 Å². The largest absolute Gasteiger partial charge is 0.355 e. The van der Waals surface area contributed by atoms with E-state index in [0.717, 1.165) is 39.0 Å². The molecule has 2 aliphatic rings. The van der Waals surface area contributed by atoms with Crippen LogP contribution < -0.4 is 16.0 Å². The highest BCUT2D eigenvalue weighted by molar-refractivity contribution is 5.80. The molecule has 0 radical (unpaired) electrons. The van der Waals surface area contributed by atoms with Crippen molar-refractivity contribution in [3.05, 3.63) is 0 Å². The average Bonchev–Trinajstić information content (AvgIpc) is 2.92. The van der Waals surface area contributed by atoms with Gasteiger partial charge in [0.15, 0.2) is 0 Å². The lowest BCUT2D eigenvalue weighted by molar-refractivity contribution is -0.122. The van der Waals surface area contributed by atoms with Gasteiger partial charge in [0.25, 0.3) is 0 Å². The van der Waals surface area contributed by atoms with Crippen LogP contribution in [0.4, 0.5) is 0 Å². The number of amides is 1. The van der Waals surface area contributed by atoms with Gasteiger partial charge in [-0.3, -0.25) is 4.79 Å². The molecule has 1 saturated carbocycles. The molecular weight excluding hydrogens is 178 g/mol. The zero-order valence-corrected chi connectivity index (χ0v) is 8.51. The molecule has 1 unspecified atom stereocenters. The molecule has 1 amide bonds. The fourth-order valence-electron chi connectivity index (χ4n) is 1.78. The van der Waals surface area contributed by atoms with Crippen LogP contribution in [0.1, 0.15) is 19.3 Å². The fourth-order valence-corrected chi connectivity index (χ4v) is 1.78. The van der Waals surface area contributed by atoms with E-state index in [1.165, 1.54) is 6.42 Å². The second kappa shape index (κ2) is 4.75. The quantitative estimate of drug-likeness (QED) is 0.519. The van der Waals surface area contributed by atoms with Crippen LogP contribution in [-0.2, 0) is 4.79 Å². The van der Waals surface area contributed by atoms with E-state index >= 15 is 0 Å². The number of nitrogens with one attached hydrogen (secondary N) is 3. The summed E-state index contributed by atoms with van der Waals surface area (Å²) in [4.78, 5) is 11.3. The summed E-state index contributed by atoms with van der Waals surface area (Å²) in [5.41, 5.74) is 0. The number of hydrogen-bond donors (Lipinski definition) is 3. The van der Waals surface area contributed by atoms with Gasteiger partial charge in [-0.2, -0.15) is 0 Å². The molecule has 1 aliphatic heterocycles. The molecule has 14 heavy (non-hydrogen) atoms. The van der Waals surface area contributed by atoms with Crippen molar-refractivity contribution in [2.45, 2.75) is 25.3 Å². The highest BCUT2D eigenvalue weighted by Crippen LogP contribution is 2.28. The Morgan fingerprint density at radius 2 is 2.14 bits per heavy atom. The van der Waals surface area contributed by atoms with Crippen LogP contribution >= 0.6 is 0 Å². The smallest absolute Gasteiger partial charge is 0.223 e. The first-order valence-corrected chi connectivity index (χ1v) is 5.58. The molecule has 0 bridgehead atoms. The summed E-state index contributed by atoms with van der Waals surface area (Å²) in [7, 11) is 0. The second-order valence-corrected chi connectivity index (χ2v) is 4.21. The van der Waals surface area contributed by atoms with Crippen LogP contribution in [0.2, 0.25) is 0 Å². The topological polar surface area (TPSA) is 53.2 Å². The van der Waals surface area contributed by atoms with Gasteiger partial charge in [-0.1, -0.05) is 0 Å². The maximum Gasteiger partial charge on any atom is 0.223 e. The van der Waals surface area contributed by atoms with E-state index in [1.807, 2.05) is 0 Å². The summed E-state index contributed by atoms with van der Waals surface area (Å²) in [6.07, 6.45) is 3.38. The molecule has 2 fully saturated rings. The van der Waals surface area contributed by atoms with E-state index in [0.29, 0.717) is 12.0 Å². The van der Waals surface area contributed by atoms with E-state index < -0.39 is 0 Å². The van der Waals surface area contributed by atoms with Crippen molar-refractivity contribution in [3.8, 4) is 0 Å². The summed E-state index contributed by atoms with van der Waals surface area (Å²) in [6.45, 7) is 3.85. The normalized spacial score (nSPS) is 26.4. The van der Waals surface area contributed by atoms with Gasteiger partial charge in [-0.05, 0) is 25.8 Å². The molecule has 3 N–H and O–H groups in total. The SMILES string of the molecule is O=C(NCCNC1CCNC1)C1CC1. The molecule has 1 aliphatic carbocycles. The summed E-state index contributed by atoms with van der Waals surface area (Å²) in [6, 6.07) is 0.604. The number of carbonyl (C=O) groups is 1. The van der Waals surface area contributed by atoms with Crippen LogP contribution in [-0.4, -0.2) is 38.1 Å². The van der Waals surface area contributed by atoms with Crippen molar-refractivity contribution >= 4 is 5.91 Å². The predicted molar refractivity (Wildman–Crippen MR) is 55.0 cm³/mol. The van der Waals surface area contributed by atoms with Crippen molar-refractivity contribution in [2.75, 3.05) is 26.2 Å². The highest BCUT2D eigenvalue weighted by atomic mass is 16.2. The second-order valence-electron chi connectivity index (χ2n) is 4.21. The molecular formula is C10H19N3O. The van der Waals surface area contributed by atoms with Crippen LogP contribution in [0, 0.1) is 5.92 Å². The van der Waals surface area contributed by atoms with Crippen molar-refractivity contribution in [2.24, 2.45) is 5.92 Å². The third-order valence-electron chi connectivity index (χ3n) is 2.87. The maximum atomic E-state index is 11.3. The lowest BCUT2D eigenvalue weighted by Gasteiger charge is -2.11. The molecule has 2 rings (SSSR count). The molecule has 0 aromatic rings. The van der Waals surface area contributed by atoms with Gasteiger partial charge in [-0.15, -0.1) is 0 Å². The monoisotopic (exact) mass is 197 g/mol. The first-order valence-electron chi connectivity index (χ1n) is 5.58. The maximum absolute atomic E-state index is 11.3. The standard InChI is InChI=1S/C10H19N3O/c14-10(8-1-2-8)13-6-5-12-9-3-4-11-7-9/h8-9,11-12H,1-7H2,(H,13,14). The van der Waals surface area contributed by atoms with Crippen molar-refractivity contribution in [3.63, 3.8) is 0 Å². The van der Waals surface area contributed by atoms with Crippen LogP contribution in [0.15, 0.2) is 0 Å². The van der Waals surface area contributed by atoms with E-state index in [4.69, 9.17) is 0 Å². The van der Waals surface area contributed by atoms with Gasteiger partial charge in [0.05, 0.1) is 0 Å². The van der Waals surface area contributed by atoms with E-state index in [-0.39, 0.29) is 5.91 Å². The number of rotatable bonds is 5. The Bertz CT molecular complexity index is 198. The Balaban J connectivity index is 1.48. The number of hydrogen-bond acceptors (Lipinski definition) is 3. The molecule has 1 atom stereocenters. The molecule has 80 valence electrons. The lowest BCUT2D eigenvalue weighted by Crippen LogP contribution is -2.38. The van der Waals surface area contributed by atoms with Crippen molar-refractivity contribution < 1.29 is 4.79 Å². The summed E-state index contributed by atoms with van der Waals surface area (Å²) < 4.78 is 0. The van der Waals surface area contributed by atoms with Gasteiger partial charge in [-0.25, -0.2) is 0 Å². The summed E-state index contributed by atoms with van der Waals surface area (Å²) >= 11 is 0. The van der Waals surface area contributed by atoms with Crippen molar-refractivity contribution in [1.29, 1.82) is 0 Å². The fraction of sp³-hybridized carbons (Fsp3) is 0.900. The minimum atomic E-state index is 0.247. The molecule has 0 spiro atoms. The Morgan fingerprint density at radius 1 is 1.29 bits per heavy atom. The zero-order chi connectivity index (χ0) is 9.80. The molecule has 0 aromatic heterocycles. The minimum Gasteiger partial charge on any atom is -0.355 e. The van der Waals surface area contributed by atoms with Crippen LogP contribution in [0.25, 0.3) is 0 Å². The van der Waals surface area contributed by atoms with Gasteiger partial charge >= 0.3 is 0 Å². The van der Waals surface area contributed by atoms with Crippen LogP contribution in [0.5, 0.6) is 0 Å². The average molecular weight is 197 g/mol. The molecule has 4 heteroatoms. The van der Waals surface area contributed by atoms with E-state index in [1.54, 1.807) is 0 Å². The van der Waals surface area contributed by atoms with Gasteiger partial charge in [0.1, 0.15) is 0 Å². The number of carbonyl (C=O) groups excluding carboxylic acids is 1. The molecule has 1 saturated heterocycles. The Hall–Kier alpha value is -0.610. The molecule has 4 nitrogen and oxygen atoms in total. The van der Waals surface area contributed by atoms with Crippen LogP contribution in [0.3, 0.4) is 0 Å². The van der Waals surface area contributed by atoms with Gasteiger partial charge in [0.2, 0.25) is 5.91 Å². The summed E-state index contributed by atoms with van der Waals surface area (Å²) in [5.74, 6) is 0.583. The first kappa shape index (κ1) is 9.93. The predicted octanol–water partition coefficient (Wildman–Crippen LogP) is -0.536. The lowest BCUT2D eigenvalue weighted by atomic mass is 10.2. The summed E-state index contributed by atoms with van der Waals surface area (Å²) in [5, 5.41) is 9.67. The highest BCUT2D eigenvalue weighted by Gasteiger charge is 2.28. The van der Waals surface area contributed by atoms with Gasteiger partial charge < -0.3 is 16.0 Å². The van der Waals surface area contributed by atoms with E-state index in [2.05, 4.69) is 16.0 Å². The van der Waals surface area contributed by atoms with E-state index in [9.17, 15) is 4.79 Å². The third-order valence-corrected chi connectivity index (χ3v) is 2.87. The third kappa shape index (κ3) is 2.96.